The van der Waals surface area contributed by atoms with Crippen LogP contribution in [0.1, 0.15) is 53.9 Å². The molecule has 2 nitrogen and oxygen atoms in total. The van der Waals surface area contributed by atoms with E-state index in [9.17, 15) is 0 Å². The summed E-state index contributed by atoms with van der Waals surface area (Å²) >= 11 is 0. The van der Waals surface area contributed by atoms with E-state index in [-0.39, 0.29) is 5.54 Å². The third-order valence-corrected chi connectivity index (χ3v) is 3.95. The molecule has 1 rings (SSSR count). The van der Waals surface area contributed by atoms with Gasteiger partial charge in [0, 0.05) is 18.6 Å². The highest BCUT2D eigenvalue weighted by molar-refractivity contribution is 4.93. The Morgan fingerprint density at radius 1 is 1.38 bits per heavy atom. The Labute approximate surface area is 102 Å². The van der Waals surface area contributed by atoms with Gasteiger partial charge in [-0.15, -0.1) is 0 Å². The molecule has 0 aliphatic carbocycles. The second-order valence-electron chi connectivity index (χ2n) is 6.99. The highest BCUT2D eigenvalue weighted by Gasteiger charge is 2.37. The summed E-state index contributed by atoms with van der Waals surface area (Å²) in [5, 5.41) is 0. The highest BCUT2D eigenvalue weighted by Crippen LogP contribution is 2.34. The fraction of sp³-hybridized carbons (Fsp3) is 1.00. The van der Waals surface area contributed by atoms with E-state index in [1.54, 1.807) is 0 Å². The van der Waals surface area contributed by atoms with Gasteiger partial charge < -0.3 is 5.73 Å². The molecule has 0 radical (unpaired) electrons. The van der Waals surface area contributed by atoms with Crippen LogP contribution in [0, 0.1) is 11.3 Å². The zero-order valence-corrected chi connectivity index (χ0v) is 11.8. The van der Waals surface area contributed by atoms with Crippen molar-refractivity contribution in [3.63, 3.8) is 0 Å². The SMILES string of the molecule is CC(C)CC(C)(CN)N1CCCC(C)(C)C1. The molecule has 1 unspecified atom stereocenters. The van der Waals surface area contributed by atoms with Crippen LogP contribution in [-0.2, 0) is 0 Å². The van der Waals surface area contributed by atoms with Gasteiger partial charge in [0.05, 0.1) is 0 Å². The van der Waals surface area contributed by atoms with Crippen LogP contribution in [0.4, 0.5) is 0 Å². The van der Waals surface area contributed by atoms with Gasteiger partial charge >= 0.3 is 0 Å². The molecule has 2 heteroatoms. The summed E-state index contributed by atoms with van der Waals surface area (Å²) in [6.07, 6.45) is 3.88. The Balaban J connectivity index is 2.71. The van der Waals surface area contributed by atoms with E-state index in [4.69, 9.17) is 5.73 Å². The molecule has 0 spiro atoms. The molecule has 1 fully saturated rings. The molecule has 16 heavy (non-hydrogen) atoms. The van der Waals surface area contributed by atoms with E-state index in [2.05, 4.69) is 39.5 Å². The molecule has 1 aliphatic heterocycles. The summed E-state index contributed by atoms with van der Waals surface area (Å²) in [5.41, 5.74) is 6.70. The predicted octanol–water partition coefficient (Wildman–Crippen LogP) is 2.87. The Morgan fingerprint density at radius 3 is 2.44 bits per heavy atom. The van der Waals surface area contributed by atoms with Gasteiger partial charge in [0.2, 0.25) is 0 Å². The minimum atomic E-state index is 0.200. The number of piperidine rings is 1. The summed E-state index contributed by atoms with van der Waals surface area (Å²) in [7, 11) is 0. The maximum absolute atomic E-state index is 6.03. The number of nitrogens with zero attached hydrogens (tertiary/aromatic N) is 1. The first-order chi connectivity index (χ1) is 7.29. The third kappa shape index (κ3) is 3.46. The lowest BCUT2D eigenvalue weighted by Crippen LogP contribution is -2.57. The Hall–Kier alpha value is -0.0800. The zero-order valence-electron chi connectivity index (χ0n) is 11.8. The summed E-state index contributed by atoms with van der Waals surface area (Å²) in [6.45, 7) is 14.9. The fourth-order valence-corrected chi connectivity index (χ4v) is 3.11. The first-order valence-electron chi connectivity index (χ1n) is 6.74. The smallest absolute Gasteiger partial charge is 0.0306 e. The van der Waals surface area contributed by atoms with E-state index in [0.29, 0.717) is 5.41 Å². The lowest BCUT2D eigenvalue weighted by Gasteiger charge is -2.48. The number of likely N-dealkylation sites (tertiary alicyclic amines) is 1. The zero-order chi connectivity index (χ0) is 12.4. The quantitative estimate of drug-likeness (QED) is 0.798. The van der Waals surface area contributed by atoms with Gasteiger partial charge in [0.25, 0.3) is 0 Å². The van der Waals surface area contributed by atoms with Crippen molar-refractivity contribution in [3.05, 3.63) is 0 Å². The van der Waals surface area contributed by atoms with E-state index in [1.807, 2.05) is 0 Å². The fourth-order valence-electron chi connectivity index (χ4n) is 3.11. The largest absolute Gasteiger partial charge is 0.329 e. The number of hydrogen-bond acceptors (Lipinski definition) is 2. The molecule has 0 aromatic carbocycles. The molecular formula is C14H30N2. The van der Waals surface area contributed by atoms with Gasteiger partial charge in [-0.25, -0.2) is 0 Å². The molecule has 1 aliphatic rings. The van der Waals surface area contributed by atoms with Crippen molar-refractivity contribution >= 4 is 0 Å². The van der Waals surface area contributed by atoms with Crippen molar-refractivity contribution in [2.24, 2.45) is 17.1 Å². The first kappa shape index (κ1) is 14.0. The van der Waals surface area contributed by atoms with Crippen LogP contribution in [0.2, 0.25) is 0 Å². The van der Waals surface area contributed by atoms with E-state index >= 15 is 0 Å². The van der Waals surface area contributed by atoms with Crippen molar-refractivity contribution in [2.75, 3.05) is 19.6 Å². The van der Waals surface area contributed by atoms with E-state index in [0.717, 1.165) is 12.5 Å². The molecule has 96 valence electrons. The summed E-state index contributed by atoms with van der Waals surface area (Å²) < 4.78 is 0. The van der Waals surface area contributed by atoms with Crippen LogP contribution in [-0.4, -0.2) is 30.1 Å². The van der Waals surface area contributed by atoms with Crippen LogP contribution in [0.3, 0.4) is 0 Å². The van der Waals surface area contributed by atoms with Gasteiger partial charge in [0.15, 0.2) is 0 Å². The van der Waals surface area contributed by atoms with Gasteiger partial charge in [-0.3, -0.25) is 4.90 Å². The molecule has 0 amide bonds. The summed E-state index contributed by atoms with van der Waals surface area (Å²) in [6, 6.07) is 0. The summed E-state index contributed by atoms with van der Waals surface area (Å²) in [5.74, 6) is 0.721. The lowest BCUT2D eigenvalue weighted by molar-refractivity contribution is 0.0169. The monoisotopic (exact) mass is 226 g/mol. The molecule has 1 heterocycles. The predicted molar refractivity (Wildman–Crippen MR) is 71.5 cm³/mol. The average molecular weight is 226 g/mol. The Kier molecular flexibility index (Phi) is 4.42. The second kappa shape index (κ2) is 5.05. The normalized spacial score (nSPS) is 25.7. The number of hydrogen-bond donors (Lipinski definition) is 1. The summed E-state index contributed by atoms with van der Waals surface area (Å²) in [4.78, 5) is 2.64. The average Bonchev–Trinajstić information content (AvgIpc) is 2.15. The standard InChI is InChI=1S/C14H30N2/c1-12(2)9-14(5,10-15)16-8-6-7-13(3,4)11-16/h12H,6-11,15H2,1-5H3. The van der Waals surface area contributed by atoms with Crippen LogP contribution in [0.15, 0.2) is 0 Å². The van der Waals surface area contributed by atoms with E-state index < -0.39 is 0 Å². The maximum Gasteiger partial charge on any atom is 0.0306 e. The maximum atomic E-state index is 6.03. The van der Waals surface area contributed by atoms with Gasteiger partial charge in [0.1, 0.15) is 0 Å². The van der Waals surface area contributed by atoms with Gasteiger partial charge in [-0.05, 0) is 44.1 Å². The highest BCUT2D eigenvalue weighted by atomic mass is 15.2. The molecule has 0 saturated carbocycles. The molecule has 0 aromatic heterocycles. The molecule has 1 atom stereocenters. The third-order valence-electron chi connectivity index (χ3n) is 3.95. The van der Waals surface area contributed by atoms with Crippen LogP contribution >= 0.6 is 0 Å². The molecule has 2 N–H and O–H groups in total. The van der Waals surface area contributed by atoms with Crippen molar-refractivity contribution in [1.82, 2.24) is 4.90 Å². The topological polar surface area (TPSA) is 29.3 Å². The lowest BCUT2D eigenvalue weighted by atomic mass is 9.80. The van der Waals surface area contributed by atoms with Crippen molar-refractivity contribution in [3.8, 4) is 0 Å². The number of rotatable bonds is 4. The van der Waals surface area contributed by atoms with E-state index in [1.165, 1.54) is 32.4 Å². The molecule has 0 bridgehead atoms. The van der Waals surface area contributed by atoms with Crippen LogP contribution < -0.4 is 5.73 Å². The van der Waals surface area contributed by atoms with Crippen molar-refractivity contribution < 1.29 is 0 Å². The first-order valence-corrected chi connectivity index (χ1v) is 6.74. The molecule has 0 aromatic rings. The Bertz CT molecular complexity index is 223. The number of nitrogens with two attached hydrogens (primary N) is 1. The van der Waals surface area contributed by atoms with Crippen LogP contribution in [0.5, 0.6) is 0 Å². The molecule has 1 saturated heterocycles. The second-order valence-corrected chi connectivity index (χ2v) is 6.99. The van der Waals surface area contributed by atoms with Crippen molar-refractivity contribution in [2.45, 2.75) is 59.4 Å². The van der Waals surface area contributed by atoms with Crippen LogP contribution in [0.25, 0.3) is 0 Å². The van der Waals surface area contributed by atoms with Gasteiger partial charge in [-0.1, -0.05) is 27.7 Å². The Morgan fingerprint density at radius 2 is 2.00 bits per heavy atom. The van der Waals surface area contributed by atoms with Crippen molar-refractivity contribution in [1.29, 1.82) is 0 Å². The minimum absolute atomic E-state index is 0.200. The minimum Gasteiger partial charge on any atom is -0.329 e. The van der Waals surface area contributed by atoms with Gasteiger partial charge in [-0.2, -0.15) is 0 Å². The molecular weight excluding hydrogens is 196 g/mol.